The number of hydrogen-bond donors (Lipinski definition) is 1. The second-order valence-electron chi connectivity index (χ2n) is 4.60. The second-order valence-corrected chi connectivity index (χ2v) is 4.60. The number of halogens is 2. The second kappa shape index (κ2) is 5.40. The molecule has 1 aromatic heterocycles. The van der Waals surface area contributed by atoms with Crippen LogP contribution in [0.2, 0.25) is 0 Å². The molecule has 2 aromatic carbocycles. The lowest BCUT2D eigenvalue weighted by Crippen LogP contribution is -2.20. The number of fused-ring (bicyclic) bond motifs is 1. The molecule has 0 fully saturated rings. The average Bonchev–Trinajstić information content (AvgIpc) is 2.45. The fourth-order valence-electron chi connectivity index (χ4n) is 2.04. The molecule has 22 heavy (non-hydrogen) atoms. The van der Waals surface area contributed by atoms with E-state index in [0.29, 0.717) is 17.0 Å². The molecule has 3 aromatic rings. The maximum Gasteiger partial charge on any atom is 0.349 e. The Kier molecular flexibility index (Phi) is 3.42. The van der Waals surface area contributed by atoms with Crippen LogP contribution in [0, 0.1) is 11.6 Å². The van der Waals surface area contributed by atoms with Gasteiger partial charge in [0.25, 0.3) is 5.91 Å². The van der Waals surface area contributed by atoms with Crippen molar-refractivity contribution < 1.29 is 18.0 Å². The molecule has 0 radical (unpaired) electrons. The molecule has 0 bridgehead atoms. The third-order valence-electron chi connectivity index (χ3n) is 3.01. The van der Waals surface area contributed by atoms with Gasteiger partial charge in [0.15, 0.2) is 0 Å². The Bertz CT molecular complexity index is 914. The average molecular weight is 301 g/mol. The summed E-state index contributed by atoms with van der Waals surface area (Å²) in [5.41, 5.74) is -0.813. The number of hydrogen-bond acceptors (Lipinski definition) is 3. The van der Waals surface area contributed by atoms with E-state index in [4.69, 9.17) is 4.42 Å². The quantitative estimate of drug-likeness (QED) is 0.739. The molecule has 1 amide bonds. The van der Waals surface area contributed by atoms with Crippen molar-refractivity contribution in [2.24, 2.45) is 0 Å². The molecule has 0 spiro atoms. The topological polar surface area (TPSA) is 59.3 Å². The molecule has 1 N–H and O–H groups in total. The highest BCUT2D eigenvalue weighted by molar-refractivity contribution is 6.05. The summed E-state index contributed by atoms with van der Waals surface area (Å²) in [5.74, 6) is -2.47. The Labute approximate surface area is 123 Å². The Balaban J connectivity index is 1.98. The highest BCUT2D eigenvalue weighted by Crippen LogP contribution is 2.16. The number of benzene rings is 2. The lowest BCUT2D eigenvalue weighted by Gasteiger charge is -2.05. The highest BCUT2D eigenvalue weighted by atomic mass is 19.1. The Hall–Kier alpha value is -3.02. The van der Waals surface area contributed by atoms with E-state index in [1.807, 2.05) is 0 Å². The van der Waals surface area contributed by atoms with Gasteiger partial charge in [0, 0.05) is 17.1 Å². The molecule has 3 rings (SSSR count). The standard InChI is InChI=1S/C16H9F2NO3/c17-10-6-11(18)8-12(7-10)19-15(20)13-5-9-3-1-2-4-14(9)22-16(13)21/h1-8H,(H,19,20). The van der Waals surface area contributed by atoms with Crippen LogP contribution in [0.15, 0.2) is 57.7 Å². The van der Waals surface area contributed by atoms with Gasteiger partial charge < -0.3 is 9.73 Å². The first-order valence-corrected chi connectivity index (χ1v) is 6.33. The third kappa shape index (κ3) is 2.71. The number of nitrogens with one attached hydrogen (secondary N) is 1. The van der Waals surface area contributed by atoms with Crippen LogP contribution in [0.25, 0.3) is 11.0 Å². The van der Waals surface area contributed by atoms with Gasteiger partial charge >= 0.3 is 5.63 Å². The molecule has 0 aliphatic rings. The van der Waals surface area contributed by atoms with Gasteiger partial charge in [-0.1, -0.05) is 18.2 Å². The number of rotatable bonds is 2. The minimum atomic E-state index is -0.833. The predicted octanol–water partition coefficient (Wildman–Crippen LogP) is 3.32. The molecule has 0 atom stereocenters. The molecule has 110 valence electrons. The van der Waals surface area contributed by atoms with Crippen LogP contribution >= 0.6 is 0 Å². The number of carbonyl (C=O) groups is 1. The Morgan fingerprint density at radius 2 is 1.68 bits per heavy atom. The monoisotopic (exact) mass is 301 g/mol. The first-order chi connectivity index (χ1) is 10.5. The van der Waals surface area contributed by atoms with Gasteiger partial charge in [-0.3, -0.25) is 4.79 Å². The number of para-hydroxylation sites is 1. The summed E-state index contributed by atoms with van der Waals surface area (Å²) in [6.07, 6.45) is 0. The number of carbonyl (C=O) groups excluding carboxylic acids is 1. The SMILES string of the molecule is O=C(Nc1cc(F)cc(F)c1)c1cc2ccccc2oc1=O. The van der Waals surface area contributed by atoms with Crippen LogP contribution in [-0.4, -0.2) is 5.91 Å². The van der Waals surface area contributed by atoms with Gasteiger partial charge in [0.05, 0.1) is 0 Å². The van der Waals surface area contributed by atoms with Crippen molar-refractivity contribution >= 4 is 22.6 Å². The molecule has 6 heteroatoms. The van der Waals surface area contributed by atoms with Crippen LogP contribution in [0.1, 0.15) is 10.4 Å². The molecule has 4 nitrogen and oxygen atoms in total. The highest BCUT2D eigenvalue weighted by Gasteiger charge is 2.14. The van der Waals surface area contributed by atoms with Crippen LogP contribution in [0.5, 0.6) is 0 Å². The van der Waals surface area contributed by atoms with Gasteiger partial charge in [0.2, 0.25) is 0 Å². The summed E-state index contributed by atoms with van der Waals surface area (Å²) in [4.78, 5) is 23.9. The smallest absolute Gasteiger partial charge is 0.349 e. The zero-order valence-corrected chi connectivity index (χ0v) is 11.1. The van der Waals surface area contributed by atoms with E-state index in [1.54, 1.807) is 24.3 Å². The van der Waals surface area contributed by atoms with Crippen molar-refractivity contribution in [1.82, 2.24) is 0 Å². The van der Waals surface area contributed by atoms with Gasteiger partial charge in [-0.05, 0) is 24.3 Å². The van der Waals surface area contributed by atoms with Crippen LogP contribution in [-0.2, 0) is 0 Å². The number of anilines is 1. The minimum Gasteiger partial charge on any atom is -0.422 e. The molecular formula is C16H9F2NO3. The molecule has 0 unspecified atom stereocenters. The van der Waals surface area contributed by atoms with Gasteiger partial charge in [-0.25, -0.2) is 13.6 Å². The summed E-state index contributed by atoms with van der Waals surface area (Å²) < 4.78 is 31.2. The third-order valence-corrected chi connectivity index (χ3v) is 3.01. The Morgan fingerprint density at radius 1 is 1.00 bits per heavy atom. The van der Waals surface area contributed by atoms with Crippen LogP contribution in [0.3, 0.4) is 0 Å². The van der Waals surface area contributed by atoms with Crippen LogP contribution in [0.4, 0.5) is 14.5 Å². The first-order valence-electron chi connectivity index (χ1n) is 6.33. The van der Waals surface area contributed by atoms with Crippen LogP contribution < -0.4 is 10.9 Å². The maximum absolute atomic E-state index is 13.1. The summed E-state index contributed by atoms with van der Waals surface area (Å²) in [7, 11) is 0. The van der Waals surface area contributed by atoms with E-state index in [1.165, 1.54) is 6.07 Å². The van der Waals surface area contributed by atoms with Crippen molar-refractivity contribution in [3.8, 4) is 0 Å². The fourth-order valence-corrected chi connectivity index (χ4v) is 2.04. The number of amides is 1. The fraction of sp³-hybridized carbons (Fsp3) is 0. The Morgan fingerprint density at radius 3 is 2.41 bits per heavy atom. The van der Waals surface area contributed by atoms with Crippen molar-refractivity contribution in [2.75, 3.05) is 5.32 Å². The van der Waals surface area contributed by atoms with Crippen molar-refractivity contribution in [3.63, 3.8) is 0 Å². The summed E-state index contributed by atoms with van der Waals surface area (Å²) >= 11 is 0. The normalized spacial score (nSPS) is 10.6. The summed E-state index contributed by atoms with van der Waals surface area (Å²) in [5, 5.41) is 2.83. The summed E-state index contributed by atoms with van der Waals surface area (Å²) in [6, 6.07) is 10.6. The maximum atomic E-state index is 13.1. The molecule has 0 aliphatic carbocycles. The van der Waals surface area contributed by atoms with Crippen molar-refractivity contribution in [3.05, 3.63) is 76.1 Å². The lowest BCUT2D eigenvalue weighted by molar-refractivity contribution is 0.102. The van der Waals surface area contributed by atoms with E-state index in [0.717, 1.165) is 12.1 Å². The van der Waals surface area contributed by atoms with E-state index in [2.05, 4.69) is 5.32 Å². The molecule has 0 aliphatic heterocycles. The summed E-state index contributed by atoms with van der Waals surface area (Å²) in [6.45, 7) is 0. The van der Waals surface area contributed by atoms with E-state index in [-0.39, 0.29) is 11.3 Å². The molecular weight excluding hydrogens is 292 g/mol. The largest absolute Gasteiger partial charge is 0.422 e. The molecule has 1 heterocycles. The minimum absolute atomic E-state index is 0.0879. The van der Waals surface area contributed by atoms with E-state index < -0.39 is 23.2 Å². The predicted molar refractivity (Wildman–Crippen MR) is 76.8 cm³/mol. The van der Waals surface area contributed by atoms with Crippen molar-refractivity contribution in [2.45, 2.75) is 0 Å². The molecule has 0 saturated heterocycles. The van der Waals surface area contributed by atoms with Gasteiger partial charge in [-0.2, -0.15) is 0 Å². The van der Waals surface area contributed by atoms with Gasteiger partial charge in [0.1, 0.15) is 22.8 Å². The zero-order valence-electron chi connectivity index (χ0n) is 11.1. The molecule has 0 saturated carbocycles. The van der Waals surface area contributed by atoms with E-state index >= 15 is 0 Å². The first kappa shape index (κ1) is 13.9. The van der Waals surface area contributed by atoms with Crippen molar-refractivity contribution in [1.29, 1.82) is 0 Å². The zero-order chi connectivity index (χ0) is 15.7. The van der Waals surface area contributed by atoms with E-state index in [9.17, 15) is 18.4 Å². The lowest BCUT2D eigenvalue weighted by atomic mass is 10.1. The van der Waals surface area contributed by atoms with Gasteiger partial charge in [-0.15, -0.1) is 0 Å².